The minimum absolute atomic E-state index is 0.352. The van der Waals surface area contributed by atoms with E-state index in [9.17, 15) is 8.42 Å². The molecule has 1 atom stereocenters. The molecular weight excluding hydrogens is 438 g/mol. The lowest BCUT2D eigenvalue weighted by molar-refractivity contribution is 0.281. The van der Waals surface area contributed by atoms with Gasteiger partial charge in [0.1, 0.15) is 0 Å². The number of benzene rings is 2. The first-order valence-corrected chi connectivity index (χ1v) is 12.4. The summed E-state index contributed by atoms with van der Waals surface area (Å²) in [6, 6.07) is 14.4. The lowest BCUT2D eigenvalue weighted by Gasteiger charge is -2.23. The van der Waals surface area contributed by atoms with Gasteiger partial charge in [0.2, 0.25) is 0 Å². The quantitative estimate of drug-likeness (QED) is 0.357. The standard InChI is InChI=1S/C23H31N7O2S/c1-17-19(7-5-8-22(17)28-33(31,32)30(24-2)25-3)15-29-13-11-20(16-29)27-23-9-4-6-18-14-26-12-10-21(18)23/h4-10,12,14,20,24-25,27-28H,11,13,15-16H2,1-3H3/t20-/m1/s1. The lowest BCUT2D eigenvalue weighted by Crippen LogP contribution is -2.50. The van der Waals surface area contributed by atoms with Crippen molar-refractivity contribution in [2.75, 3.05) is 37.2 Å². The zero-order chi connectivity index (χ0) is 23.4. The normalized spacial score (nSPS) is 17.0. The molecule has 3 aromatic rings. The molecular formula is C23H31N7O2S. The summed E-state index contributed by atoms with van der Waals surface area (Å²) < 4.78 is 28.7. The fourth-order valence-corrected chi connectivity index (χ4v) is 5.38. The van der Waals surface area contributed by atoms with E-state index in [-0.39, 0.29) is 0 Å². The second-order valence-corrected chi connectivity index (χ2v) is 9.70. The molecule has 1 saturated heterocycles. The first-order chi connectivity index (χ1) is 15.9. The molecule has 0 aliphatic carbocycles. The SMILES string of the molecule is CNN(NC)S(=O)(=O)Nc1cccc(CN2CC[C@@H](Nc3cccc4cnccc34)C2)c1C. The van der Waals surface area contributed by atoms with Crippen molar-refractivity contribution in [2.45, 2.75) is 25.9 Å². The minimum Gasteiger partial charge on any atom is -0.380 e. The zero-order valence-electron chi connectivity index (χ0n) is 19.2. The number of hydrazine groups is 2. The Morgan fingerprint density at radius 3 is 2.64 bits per heavy atom. The first kappa shape index (κ1) is 23.4. The predicted molar refractivity (Wildman–Crippen MR) is 133 cm³/mol. The summed E-state index contributed by atoms with van der Waals surface area (Å²) in [5.74, 6) is 0. The van der Waals surface area contributed by atoms with Crippen molar-refractivity contribution in [3.8, 4) is 0 Å². The van der Waals surface area contributed by atoms with Gasteiger partial charge in [-0.05, 0) is 42.7 Å². The molecule has 0 spiro atoms. The van der Waals surface area contributed by atoms with Gasteiger partial charge in [-0.3, -0.25) is 14.6 Å². The molecule has 176 valence electrons. The van der Waals surface area contributed by atoms with Crippen molar-refractivity contribution in [2.24, 2.45) is 0 Å². The van der Waals surface area contributed by atoms with Crippen molar-refractivity contribution < 1.29 is 8.42 Å². The van der Waals surface area contributed by atoms with Crippen LogP contribution in [0.25, 0.3) is 10.8 Å². The Bertz CT molecular complexity index is 1210. The number of nitrogens with zero attached hydrogens (tertiary/aromatic N) is 3. The van der Waals surface area contributed by atoms with Crippen LogP contribution in [0.1, 0.15) is 17.5 Å². The number of fused-ring (bicyclic) bond motifs is 1. The van der Waals surface area contributed by atoms with Crippen LogP contribution in [0.15, 0.2) is 54.9 Å². The summed E-state index contributed by atoms with van der Waals surface area (Å²) in [5.41, 5.74) is 8.92. The van der Waals surface area contributed by atoms with Gasteiger partial charge in [-0.15, -0.1) is 0 Å². The molecule has 0 saturated carbocycles. The van der Waals surface area contributed by atoms with E-state index in [1.165, 1.54) is 19.5 Å². The molecule has 9 nitrogen and oxygen atoms in total. The Balaban J connectivity index is 1.42. The molecule has 2 heterocycles. The summed E-state index contributed by atoms with van der Waals surface area (Å²) in [6.45, 7) is 4.61. The highest BCUT2D eigenvalue weighted by Crippen LogP contribution is 2.27. The van der Waals surface area contributed by atoms with Gasteiger partial charge >= 0.3 is 10.2 Å². The van der Waals surface area contributed by atoms with Crippen molar-refractivity contribution >= 4 is 32.4 Å². The predicted octanol–water partition coefficient (Wildman–Crippen LogP) is 2.46. The monoisotopic (exact) mass is 469 g/mol. The fraction of sp³-hybridized carbons (Fsp3) is 0.348. The van der Waals surface area contributed by atoms with E-state index in [1.54, 1.807) is 6.07 Å². The van der Waals surface area contributed by atoms with E-state index in [4.69, 9.17) is 0 Å². The van der Waals surface area contributed by atoms with Gasteiger partial charge in [-0.1, -0.05) is 28.8 Å². The van der Waals surface area contributed by atoms with Gasteiger partial charge in [0.05, 0.1) is 5.69 Å². The maximum atomic E-state index is 12.5. The van der Waals surface area contributed by atoms with Crippen LogP contribution < -0.4 is 20.9 Å². The van der Waals surface area contributed by atoms with Crippen molar-refractivity contribution in [3.63, 3.8) is 0 Å². The van der Waals surface area contributed by atoms with Gasteiger partial charge in [0, 0.05) is 68.6 Å². The Morgan fingerprint density at radius 1 is 1.09 bits per heavy atom. The maximum Gasteiger partial charge on any atom is 0.328 e. The van der Waals surface area contributed by atoms with Crippen molar-refractivity contribution in [1.82, 2.24) is 25.3 Å². The second-order valence-electron chi connectivity index (χ2n) is 8.18. The number of rotatable bonds is 9. The molecule has 0 unspecified atom stereocenters. The third kappa shape index (κ3) is 5.26. The van der Waals surface area contributed by atoms with Crippen LogP contribution >= 0.6 is 0 Å². The largest absolute Gasteiger partial charge is 0.380 e. The van der Waals surface area contributed by atoms with Gasteiger partial charge in [-0.2, -0.15) is 8.42 Å². The van der Waals surface area contributed by atoms with E-state index in [0.717, 1.165) is 52.8 Å². The van der Waals surface area contributed by atoms with Gasteiger partial charge < -0.3 is 5.32 Å². The number of pyridine rings is 1. The molecule has 4 N–H and O–H groups in total. The van der Waals surface area contributed by atoms with Crippen LogP contribution in [0.4, 0.5) is 11.4 Å². The number of likely N-dealkylation sites (tertiary alicyclic amines) is 1. The highest BCUT2D eigenvalue weighted by Gasteiger charge is 2.24. The maximum absolute atomic E-state index is 12.5. The Hall–Kier alpha value is -2.76. The first-order valence-electron chi connectivity index (χ1n) is 11.0. The molecule has 10 heteroatoms. The minimum atomic E-state index is -3.77. The van der Waals surface area contributed by atoms with Gasteiger partial charge in [0.15, 0.2) is 0 Å². The smallest absolute Gasteiger partial charge is 0.328 e. The summed E-state index contributed by atoms with van der Waals surface area (Å²) in [4.78, 5) is 6.61. The van der Waals surface area contributed by atoms with Crippen molar-refractivity contribution in [1.29, 1.82) is 0 Å². The summed E-state index contributed by atoms with van der Waals surface area (Å²) in [7, 11) is -0.703. The third-order valence-corrected chi connectivity index (χ3v) is 7.36. The lowest BCUT2D eigenvalue weighted by atomic mass is 10.1. The second kappa shape index (κ2) is 10.0. The third-order valence-electron chi connectivity index (χ3n) is 6.04. The topological polar surface area (TPSA) is 102 Å². The summed E-state index contributed by atoms with van der Waals surface area (Å²) in [6.07, 6.45) is 4.76. The Morgan fingerprint density at radius 2 is 1.85 bits per heavy atom. The molecule has 1 aliphatic heterocycles. The summed E-state index contributed by atoms with van der Waals surface area (Å²) in [5, 5.41) is 6.01. The van der Waals surface area contributed by atoms with E-state index in [0.29, 0.717) is 11.7 Å². The van der Waals surface area contributed by atoms with E-state index in [1.807, 2.05) is 31.5 Å². The molecule has 0 radical (unpaired) electrons. The fourth-order valence-electron chi connectivity index (χ4n) is 4.31. The molecule has 1 fully saturated rings. The Labute approximate surface area is 195 Å². The van der Waals surface area contributed by atoms with Crippen LogP contribution in [-0.4, -0.2) is 56.1 Å². The Kier molecular flexibility index (Phi) is 7.11. The zero-order valence-corrected chi connectivity index (χ0v) is 20.0. The van der Waals surface area contributed by atoms with Crippen LogP contribution in [0.3, 0.4) is 0 Å². The van der Waals surface area contributed by atoms with E-state index in [2.05, 4.69) is 55.0 Å². The van der Waals surface area contributed by atoms with Crippen molar-refractivity contribution in [3.05, 3.63) is 66.0 Å². The average molecular weight is 470 g/mol. The van der Waals surface area contributed by atoms with Gasteiger partial charge in [-0.25, -0.2) is 10.9 Å². The highest BCUT2D eigenvalue weighted by molar-refractivity contribution is 7.90. The number of hydrogen-bond donors (Lipinski definition) is 4. The van der Waals surface area contributed by atoms with Crippen LogP contribution in [0.2, 0.25) is 0 Å². The number of nitrogens with one attached hydrogen (secondary N) is 4. The average Bonchev–Trinajstić information content (AvgIpc) is 3.24. The number of hydrogen-bond acceptors (Lipinski definition) is 7. The molecule has 1 aliphatic rings. The molecule has 2 aromatic carbocycles. The molecule has 1 aromatic heterocycles. The van der Waals surface area contributed by atoms with E-state index >= 15 is 0 Å². The van der Waals surface area contributed by atoms with Gasteiger partial charge in [0.25, 0.3) is 0 Å². The summed E-state index contributed by atoms with van der Waals surface area (Å²) >= 11 is 0. The highest BCUT2D eigenvalue weighted by atomic mass is 32.2. The molecule has 4 rings (SSSR count). The molecule has 0 bridgehead atoms. The number of anilines is 2. The van der Waals surface area contributed by atoms with E-state index < -0.39 is 10.2 Å². The van der Waals surface area contributed by atoms with Crippen LogP contribution in [0.5, 0.6) is 0 Å². The molecule has 0 amide bonds. The number of aromatic nitrogens is 1. The van der Waals surface area contributed by atoms with Crippen LogP contribution in [0, 0.1) is 6.92 Å². The molecule has 33 heavy (non-hydrogen) atoms. The van der Waals surface area contributed by atoms with Crippen LogP contribution in [-0.2, 0) is 16.8 Å².